The van der Waals surface area contributed by atoms with Crippen molar-refractivity contribution in [1.29, 1.82) is 0 Å². The first-order valence-electron chi connectivity index (χ1n) is 35.2. The summed E-state index contributed by atoms with van der Waals surface area (Å²) in [7, 11) is 0. The third kappa shape index (κ3) is 24.1. The summed E-state index contributed by atoms with van der Waals surface area (Å²) >= 11 is 5.26. The highest BCUT2D eigenvalue weighted by atomic mass is 32.2. The summed E-state index contributed by atoms with van der Waals surface area (Å²) in [4.78, 5) is 194. The van der Waals surface area contributed by atoms with Gasteiger partial charge in [0, 0.05) is 65.8 Å². The van der Waals surface area contributed by atoms with Crippen molar-refractivity contribution in [1.82, 2.24) is 52.8 Å². The summed E-state index contributed by atoms with van der Waals surface area (Å²) in [5.74, 6) is -14.2. The van der Waals surface area contributed by atoms with Gasteiger partial charge in [0.15, 0.2) is 5.43 Å². The van der Waals surface area contributed by atoms with Gasteiger partial charge in [0.2, 0.25) is 65.0 Å². The monoisotopic (exact) mass is 1560 g/mol. The number of primary amides is 2. The standard InChI is InChI=1S/C74H91N13O21S2/c1-37(88)62(71(103)82-53(32-40-15-19-42(91)20-16-40)68(100)79-50(25-26-59(76)94)66(98)80-51(27-30-110-3)67(99)84-55(36-109)74(106)107)86-72(104)63(38(2)89)85-70(102)56-12-8-29-87(56)73(105)54(35-60(77)95)83-69(101)52(31-39-13-17-41(90)18-14-39)81-65(97)49(11-6-7-28-75)78-64(96)46-10-5-4-9-45(46)61-47-23-21-43(92)33-57(47)108-58-34-44(93)22-24-48(58)61/h4-5,9-10,13-24,33-34,37-38,49-56,62-63,88-92,109H,6-8,11-12,25-32,35-36,75H2,1-3H3,(H2,76,94)(H2,77,95)(H,78,96)(H,79,100)(H,80,98)(H,81,97)(H,82,103)(H,83,101)(H,84,99)(H,85,102)(H,86,104)(H,106,107)/t37-,38-,49+,50+,51+,52+,53+,54+,55+,56+,62+,63+/m1/s1. The van der Waals surface area contributed by atoms with Gasteiger partial charge >= 0.3 is 5.97 Å². The third-order valence-corrected chi connectivity index (χ3v) is 19.1. The predicted octanol–water partition coefficient (Wildman–Crippen LogP) is -1.07. The number of likely N-dealkylation sites (tertiary alicyclic amines) is 1. The van der Waals surface area contributed by atoms with Crippen molar-refractivity contribution in [2.75, 3.05) is 30.9 Å². The van der Waals surface area contributed by atoms with Crippen molar-refractivity contribution in [2.45, 2.75) is 157 Å². The topological polar surface area (TPSA) is 563 Å². The number of nitrogens with zero attached hydrogens (tertiary/aromatic N) is 1. The van der Waals surface area contributed by atoms with Crippen LogP contribution >= 0.6 is 24.4 Å². The van der Waals surface area contributed by atoms with E-state index in [2.05, 4.69) is 60.5 Å². The molecule has 34 nitrogen and oxygen atoms in total. The molecule has 4 aromatic carbocycles. The van der Waals surface area contributed by atoms with Crippen molar-refractivity contribution in [2.24, 2.45) is 17.2 Å². The summed E-state index contributed by atoms with van der Waals surface area (Å²) in [5, 5.41) is 85.1. The highest BCUT2D eigenvalue weighted by Gasteiger charge is 2.43. The zero-order valence-corrected chi connectivity index (χ0v) is 62.0. The number of thiol groups is 1. The fourth-order valence-corrected chi connectivity index (χ4v) is 13.0. The van der Waals surface area contributed by atoms with E-state index in [0.29, 0.717) is 39.6 Å². The number of hydrogen-bond donors (Lipinski definition) is 19. The largest absolute Gasteiger partial charge is 0.508 e. The Kier molecular flexibility index (Phi) is 31.8. The summed E-state index contributed by atoms with van der Waals surface area (Å²) in [6.07, 6.45) is -3.82. The van der Waals surface area contributed by atoms with Crippen molar-refractivity contribution in [3.63, 3.8) is 0 Å². The van der Waals surface area contributed by atoms with Gasteiger partial charge in [-0.05, 0) is 149 Å². The number of carboxylic acid groups (broad SMARTS) is 1. The smallest absolute Gasteiger partial charge is 0.327 e. The van der Waals surface area contributed by atoms with Crippen LogP contribution in [-0.4, -0.2) is 216 Å². The molecule has 0 saturated carbocycles. The number of thioether (sulfide) groups is 1. The number of aromatic hydroxyl groups is 3. The van der Waals surface area contributed by atoms with E-state index in [1.807, 2.05) is 0 Å². The van der Waals surface area contributed by atoms with Crippen molar-refractivity contribution < 1.29 is 97.4 Å². The molecule has 21 N–H and O–H groups in total. The second-order valence-corrected chi connectivity index (χ2v) is 27.8. The van der Waals surface area contributed by atoms with Crippen LogP contribution in [0.25, 0.3) is 33.4 Å². The lowest BCUT2D eigenvalue weighted by Gasteiger charge is -2.31. The number of nitrogens with two attached hydrogens (primary N) is 3. The van der Waals surface area contributed by atoms with E-state index < -0.39 is 175 Å². The molecule has 2 heterocycles. The van der Waals surface area contributed by atoms with Gasteiger partial charge in [-0.1, -0.05) is 42.5 Å². The van der Waals surface area contributed by atoms with Crippen molar-refractivity contribution in [3.05, 3.63) is 136 Å². The normalized spacial score (nSPS) is 15.6. The van der Waals surface area contributed by atoms with E-state index in [1.54, 1.807) is 30.5 Å². The second kappa shape index (κ2) is 40.7. The maximum Gasteiger partial charge on any atom is 0.327 e. The molecule has 1 saturated heterocycles. The van der Waals surface area contributed by atoms with Crippen LogP contribution in [0.3, 0.4) is 0 Å². The quantitative estimate of drug-likeness (QED) is 0.0124. The predicted molar refractivity (Wildman–Crippen MR) is 404 cm³/mol. The van der Waals surface area contributed by atoms with Gasteiger partial charge < -0.3 is 105 Å². The van der Waals surface area contributed by atoms with E-state index in [9.17, 15) is 97.8 Å². The lowest BCUT2D eigenvalue weighted by atomic mass is 9.90. The molecule has 1 aliphatic carbocycles. The maximum absolute atomic E-state index is 14.8. The van der Waals surface area contributed by atoms with Gasteiger partial charge in [-0.3, -0.25) is 62.3 Å². The summed E-state index contributed by atoms with van der Waals surface area (Å²) < 4.78 is 6.03. The molecule has 0 spiro atoms. The summed E-state index contributed by atoms with van der Waals surface area (Å²) in [6.45, 7) is 2.17. The van der Waals surface area contributed by atoms with Crippen LogP contribution in [0.5, 0.6) is 17.2 Å². The molecular formula is C74H91N13O21S2. The van der Waals surface area contributed by atoms with Crippen molar-refractivity contribution in [3.8, 4) is 39.7 Å². The fraction of sp³-hybridized carbons (Fsp3) is 0.405. The molecule has 12 atom stereocenters. The lowest BCUT2D eigenvalue weighted by Crippen LogP contribution is -2.63. The third-order valence-electron chi connectivity index (χ3n) is 18.0. The Morgan fingerprint density at radius 1 is 0.573 bits per heavy atom. The number of amides is 12. The number of aliphatic hydroxyl groups is 2. The number of carbonyl (C=O) groups is 13. The Morgan fingerprint density at radius 3 is 1.65 bits per heavy atom. The molecule has 0 aromatic heterocycles. The Hall–Kier alpha value is -11.3. The molecule has 590 valence electrons. The van der Waals surface area contributed by atoms with Crippen LogP contribution < -0.4 is 70.5 Å². The number of benzene rings is 5. The molecule has 7 rings (SSSR count). The zero-order valence-electron chi connectivity index (χ0n) is 60.3. The Bertz CT molecular complexity index is 4360. The van der Waals surface area contributed by atoms with E-state index in [-0.39, 0.29) is 103 Å². The van der Waals surface area contributed by atoms with Gasteiger partial charge in [0.25, 0.3) is 5.91 Å². The molecule has 3 aliphatic rings. The highest BCUT2D eigenvalue weighted by molar-refractivity contribution is 7.98. The maximum atomic E-state index is 14.8. The van der Waals surface area contributed by atoms with Gasteiger partial charge in [-0.2, -0.15) is 24.4 Å². The van der Waals surface area contributed by atoms with Gasteiger partial charge in [0.05, 0.1) is 18.6 Å². The number of phenolic OH excluding ortho intramolecular Hbond substituents is 3. The van der Waals surface area contributed by atoms with Crippen LogP contribution in [0.1, 0.15) is 93.1 Å². The van der Waals surface area contributed by atoms with Gasteiger partial charge in [-0.25, -0.2) is 4.79 Å². The molecule has 1 fully saturated rings. The van der Waals surface area contributed by atoms with Crippen molar-refractivity contribution >= 4 is 112 Å². The van der Waals surface area contributed by atoms with Gasteiger partial charge in [0.1, 0.15) is 89.0 Å². The van der Waals surface area contributed by atoms with E-state index in [4.69, 9.17) is 21.6 Å². The minimum Gasteiger partial charge on any atom is -0.508 e. The minimum absolute atomic E-state index is 0.0243. The molecule has 0 radical (unpaired) electrons. The fourth-order valence-electron chi connectivity index (χ4n) is 12.3. The zero-order chi connectivity index (χ0) is 80.6. The number of unbranched alkanes of at least 4 members (excludes halogenated alkanes) is 1. The molecule has 4 aromatic rings. The number of carboxylic acids is 1. The summed E-state index contributed by atoms with van der Waals surface area (Å²) in [6, 6.07) is 9.18. The second-order valence-electron chi connectivity index (χ2n) is 26.4. The molecule has 36 heteroatoms. The number of phenols is 3. The first-order valence-corrected chi connectivity index (χ1v) is 37.2. The van der Waals surface area contributed by atoms with Crippen LogP contribution in [0.2, 0.25) is 0 Å². The minimum atomic E-state index is -2.00. The van der Waals surface area contributed by atoms with E-state index in [1.165, 1.54) is 96.7 Å². The average molecular weight is 1560 g/mol. The number of aliphatic hydroxyl groups excluding tert-OH is 2. The Labute approximate surface area is 640 Å². The van der Waals surface area contributed by atoms with E-state index in [0.717, 1.165) is 18.7 Å². The van der Waals surface area contributed by atoms with Crippen LogP contribution in [-0.2, 0) is 70.4 Å². The number of fused-ring (bicyclic) bond motifs is 2. The van der Waals surface area contributed by atoms with Crippen LogP contribution in [0.4, 0.5) is 0 Å². The highest BCUT2D eigenvalue weighted by Crippen LogP contribution is 2.42. The molecule has 0 bridgehead atoms. The molecule has 2 aliphatic heterocycles. The Morgan fingerprint density at radius 2 is 1.09 bits per heavy atom. The van der Waals surface area contributed by atoms with Crippen LogP contribution in [0, 0.1) is 0 Å². The van der Waals surface area contributed by atoms with Crippen LogP contribution in [0.15, 0.2) is 118 Å². The molecule has 0 unspecified atom stereocenters. The van der Waals surface area contributed by atoms with Gasteiger partial charge in [-0.15, -0.1) is 0 Å². The lowest BCUT2D eigenvalue weighted by molar-refractivity contribution is -0.144. The molecule has 12 amide bonds. The number of aliphatic carboxylic acids is 1. The molecule has 110 heavy (non-hydrogen) atoms. The number of hydrogen-bond acceptors (Lipinski definition) is 23. The number of carbonyl (C=O) groups excluding carboxylic acids is 12. The average Bonchev–Trinajstić information content (AvgIpc) is 0.851. The Balaban J connectivity index is 1.09. The number of nitrogens with one attached hydrogen (secondary N) is 9. The number of rotatable bonds is 40. The molecular weight excluding hydrogens is 1470 g/mol. The SMILES string of the molecule is CSCC[C@H](NC(=O)[C@H](CCC(N)=O)NC(=O)[C@H](Cc1ccc(O)cc1)NC(=O)[C@@H](NC(=O)[C@@H](NC(=O)[C@@H]1CCCN1C(=O)[C@H](CC(N)=O)NC(=O)[C@H](Cc1ccc(O)cc1)NC(=O)[C@H](CCCCN)NC(=O)c1ccccc1-c1c2ccc(=O)cc-2oc2cc(O)ccc12)[C@@H](C)O)[C@@H](C)O)C(=O)N[C@@H](CS)C(=O)O. The first kappa shape index (κ1) is 85.9. The summed E-state index contributed by atoms with van der Waals surface area (Å²) in [5.41, 5.74) is 18.8. The first-order chi connectivity index (χ1) is 52.3. The van der Waals surface area contributed by atoms with E-state index >= 15 is 0 Å².